The van der Waals surface area contributed by atoms with Crippen LogP contribution < -0.4 is 10.6 Å². The summed E-state index contributed by atoms with van der Waals surface area (Å²) in [7, 11) is 0. The van der Waals surface area contributed by atoms with Crippen LogP contribution in [0.5, 0.6) is 0 Å². The number of aromatic nitrogens is 1. The predicted molar refractivity (Wildman–Crippen MR) is 87.7 cm³/mol. The lowest BCUT2D eigenvalue weighted by molar-refractivity contribution is -0.115. The molecule has 1 aliphatic carbocycles. The minimum absolute atomic E-state index is 0.00265. The normalized spacial score (nSPS) is 13.5. The molecule has 114 valence electrons. The van der Waals surface area contributed by atoms with Gasteiger partial charge in [0, 0.05) is 24.6 Å². The minimum atomic E-state index is 0.00265. The highest BCUT2D eigenvalue weighted by atomic mass is 16.1. The monoisotopic (exact) mass is 295 g/mol. The van der Waals surface area contributed by atoms with Crippen molar-refractivity contribution in [1.82, 2.24) is 10.3 Å². The Bertz CT molecular complexity index is 640. The molecular formula is C18H21N3O. The van der Waals surface area contributed by atoms with Crippen molar-refractivity contribution in [3.8, 4) is 0 Å². The Balaban J connectivity index is 1.54. The van der Waals surface area contributed by atoms with Crippen LogP contribution >= 0.6 is 0 Å². The van der Waals surface area contributed by atoms with Crippen molar-refractivity contribution in [2.75, 3.05) is 11.9 Å². The van der Waals surface area contributed by atoms with Gasteiger partial charge in [-0.05, 0) is 54.5 Å². The number of pyridine rings is 1. The van der Waals surface area contributed by atoms with Crippen LogP contribution in [0.1, 0.15) is 29.5 Å². The van der Waals surface area contributed by atoms with E-state index in [0.717, 1.165) is 24.1 Å². The number of anilines is 1. The number of hydrogen-bond donors (Lipinski definition) is 2. The van der Waals surface area contributed by atoms with Crippen molar-refractivity contribution < 1.29 is 4.79 Å². The number of nitrogens with one attached hydrogen (secondary N) is 2. The third kappa shape index (κ3) is 3.71. The average molecular weight is 295 g/mol. The van der Waals surface area contributed by atoms with Crippen molar-refractivity contribution in [3.63, 3.8) is 0 Å². The van der Waals surface area contributed by atoms with Crippen LogP contribution in [0, 0.1) is 0 Å². The van der Waals surface area contributed by atoms with Crippen LogP contribution in [0.25, 0.3) is 0 Å². The summed E-state index contributed by atoms with van der Waals surface area (Å²) in [6.07, 6.45) is 8.19. The Kier molecular flexibility index (Phi) is 4.81. The van der Waals surface area contributed by atoms with Gasteiger partial charge in [-0.1, -0.05) is 18.2 Å². The number of benzene rings is 1. The van der Waals surface area contributed by atoms with Gasteiger partial charge >= 0.3 is 0 Å². The zero-order valence-electron chi connectivity index (χ0n) is 12.6. The smallest absolute Gasteiger partial charge is 0.238 e. The van der Waals surface area contributed by atoms with E-state index in [4.69, 9.17) is 0 Å². The molecule has 4 heteroatoms. The first-order chi connectivity index (χ1) is 10.8. The summed E-state index contributed by atoms with van der Waals surface area (Å²) >= 11 is 0. The second-order valence-electron chi connectivity index (χ2n) is 5.66. The third-order valence-electron chi connectivity index (χ3n) is 4.01. The molecule has 1 aromatic carbocycles. The van der Waals surface area contributed by atoms with Crippen molar-refractivity contribution in [3.05, 3.63) is 59.4 Å². The van der Waals surface area contributed by atoms with Crippen molar-refractivity contribution in [2.45, 2.75) is 32.2 Å². The molecule has 1 heterocycles. The van der Waals surface area contributed by atoms with Gasteiger partial charge in [-0.2, -0.15) is 0 Å². The van der Waals surface area contributed by atoms with E-state index in [2.05, 4.69) is 21.7 Å². The second-order valence-corrected chi connectivity index (χ2v) is 5.66. The van der Waals surface area contributed by atoms with Crippen LogP contribution in [0.2, 0.25) is 0 Å². The molecule has 1 aliphatic rings. The Morgan fingerprint density at radius 3 is 2.91 bits per heavy atom. The maximum atomic E-state index is 12.1. The number of aryl methyl sites for hydroxylation is 1. The maximum absolute atomic E-state index is 12.1. The van der Waals surface area contributed by atoms with Gasteiger partial charge < -0.3 is 10.6 Å². The van der Waals surface area contributed by atoms with E-state index in [1.165, 1.54) is 24.0 Å². The van der Waals surface area contributed by atoms with E-state index in [1.807, 2.05) is 24.3 Å². The maximum Gasteiger partial charge on any atom is 0.238 e. The topological polar surface area (TPSA) is 54.0 Å². The van der Waals surface area contributed by atoms with E-state index in [0.29, 0.717) is 13.1 Å². The molecule has 3 rings (SSSR count). The summed E-state index contributed by atoms with van der Waals surface area (Å²) in [4.78, 5) is 16.2. The standard InChI is InChI=1S/C18H21N3O/c22-18(13-20-12-14-5-4-10-19-11-14)21-17-9-3-7-15-6-1-2-8-16(15)17/h3-5,7,9-11,20H,1-2,6,8,12-13H2,(H,21,22). The van der Waals surface area contributed by atoms with Crippen LogP contribution in [0.4, 0.5) is 5.69 Å². The lowest BCUT2D eigenvalue weighted by Crippen LogP contribution is -2.28. The lowest BCUT2D eigenvalue weighted by Gasteiger charge is -2.19. The van der Waals surface area contributed by atoms with Gasteiger partial charge in [0.1, 0.15) is 0 Å². The number of carbonyl (C=O) groups is 1. The van der Waals surface area contributed by atoms with Crippen LogP contribution in [0.3, 0.4) is 0 Å². The van der Waals surface area contributed by atoms with Gasteiger partial charge in [0.2, 0.25) is 5.91 Å². The zero-order chi connectivity index (χ0) is 15.2. The summed E-state index contributed by atoms with van der Waals surface area (Å²) < 4.78 is 0. The number of nitrogens with zero attached hydrogens (tertiary/aromatic N) is 1. The highest BCUT2D eigenvalue weighted by Crippen LogP contribution is 2.27. The number of hydrogen-bond acceptors (Lipinski definition) is 3. The molecule has 2 aromatic rings. The largest absolute Gasteiger partial charge is 0.325 e. The molecular weight excluding hydrogens is 274 g/mol. The Labute approximate surface area is 131 Å². The van der Waals surface area contributed by atoms with Gasteiger partial charge in [-0.3, -0.25) is 9.78 Å². The fourth-order valence-corrected chi connectivity index (χ4v) is 2.92. The van der Waals surface area contributed by atoms with E-state index in [1.54, 1.807) is 12.4 Å². The van der Waals surface area contributed by atoms with Gasteiger partial charge in [-0.25, -0.2) is 0 Å². The van der Waals surface area contributed by atoms with E-state index < -0.39 is 0 Å². The molecule has 0 bridgehead atoms. The quantitative estimate of drug-likeness (QED) is 0.891. The molecule has 0 aliphatic heterocycles. The van der Waals surface area contributed by atoms with E-state index in [9.17, 15) is 4.79 Å². The number of amides is 1. The molecule has 2 N–H and O–H groups in total. The summed E-state index contributed by atoms with van der Waals surface area (Å²) in [5, 5.41) is 6.19. The SMILES string of the molecule is O=C(CNCc1cccnc1)Nc1cccc2c1CCCC2. The fraction of sp³-hybridized carbons (Fsp3) is 0.333. The summed E-state index contributed by atoms with van der Waals surface area (Å²) in [5.41, 5.74) is 4.75. The summed E-state index contributed by atoms with van der Waals surface area (Å²) in [6, 6.07) is 10.1. The summed E-state index contributed by atoms with van der Waals surface area (Å²) in [5.74, 6) is 0.00265. The van der Waals surface area contributed by atoms with Crippen LogP contribution in [-0.4, -0.2) is 17.4 Å². The number of fused-ring (bicyclic) bond motifs is 1. The van der Waals surface area contributed by atoms with E-state index >= 15 is 0 Å². The molecule has 0 atom stereocenters. The third-order valence-corrected chi connectivity index (χ3v) is 4.01. The van der Waals surface area contributed by atoms with Crippen molar-refractivity contribution in [2.24, 2.45) is 0 Å². The molecule has 1 amide bonds. The van der Waals surface area contributed by atoms with Gasteiger partial charge in [0.25, 0.3) is 0 Å². The Morgan fingerprint density at radius 1 is 1.14 bits per heavy atom. The first-order valence-corrected chi connectivity index (χ1v) is 7.83. The molecule has 0 saturated carbocycles. The zero-order valence-corrected chi connectivity index (χ0v) is 12.6. The highest BCUT2D eigenvalue weighted by Gasteiger charge is 2.14. The number of rotatable bonds is 5. The van der Waals surface area contributed by atoms with Crippen molar-refractivity contribution in [1.29, 1.82) is 0 Å². The summed E-state index contributed by atoms with van der Waals surface area (Å²) in [6.45, 7) is 0.951. The van der Waals surface area contributed by atoms with Crippen molar-refractivity contribution >= 4 is 11.6 Å². The van der Waals surface area contributed by atoms with Gasteiger partial charge in [-0.15, -0.1) is 0 Å². The first-order valence-electron chi connectivity index (χ1n) is 7.83. The Morgan fingerprint density at radius 2 is 2.05 bits per heavy atom. The van der Waals surface area contributed by atoms with E-state index in [-0.39, 0.29) is 5.91 Å². The second kappa shape index (κ2) is 7.18. The predicted octanol–water partition coefficient (Wildman–Crippen LogP) is 2.69. The molecule has 0 saturated heterocycles. The number of carbonyl (C=O) groups excluding carboxylic acids is 1. The highest BCUT2D eigenvalue weighted by molar-refractivity contribution is 5.93. The Hall–Kier alpha value is -2.20. The minimum Gasteiger partial charge on any atom is -0.325 e. The average Bonchev–Trinajstić information content (AvgIpc) is 2.56. The molecule has 0 unspecified atom stereocenters. The fourth-order valence-electron chi connectivity index (χ4n) is 2.92. The lowest BCUT2D eigenvalue weighted by atomic mass is 9.90. The van der Waals surface area contributed by atoms with Crippen LogP contribution in [-0.2, 0) is 24.2 Å². The first kappa shape index (κ1) is 14.7. The molecule has 0 fully saturated rings. The molecule has 22 heavy (non-hydrogen) atoms. The van der Waals surface area contributed by atoms with Gasteiger partial charge in [0.05, 0.1) is 6.54 Å². The molecule has 4 nitrogen and oxygen atoms in total. The van der Waals surface area contributed by atoms with Gasteiger partial charge in [0.15, 0.2) is 0 Å². The molecule has 0 spiro atoms. The molecule has 0 radical (unpaired) electrons. The van der Waals surface area contributed by atoms with Crippen LogP contribution in [0.15, 0.2) is 42.7 Å². The molecule has 1 aromatic heterocycles.